The van der Waals surface area contributed by atoms with Gasteiger partial charge >= 0.3 is 0 Å². The largest absolute Gasteiger partial charge is 0.229 e. The van der Waals surface area contributed by atoms with Crippen molar-refractivity contribution >= 4 is 19.7 Å². The van der Waals surface area contributed by atoms with Gasteiger partial charge in [0.1, 0.15) is 0 Å². The van der Waals surface area contributed by atoms with E-state index in [9.17, 15) is 16.8 Å². The number of hydrogen-bond acceptors (Lipinski definition) is 4. The van der Waals surface area contributed by atoms with Crippen molar-refractivity contribution in [2.45, 2.75) is 126 Å². The fourth-order valence-corrected chi connectivity index (χ4v) is 8.83. The molecule has 0 atom stereocenters. The van der Waals surface area contributed by atoms with Crippen LogP contribution in [0.2, 0.25) is 0 Å². The standard InChI is InChI=1S/C22H42O4S2/c23-27(24,21-15-9-7-10-16-21)19-13-5-3-1-2-4-6-14-20-28(25,26)22-17-11-8-12-18-22/h21-22H,1-20H2. The second kappa shape index (κ2) is 12.6. The van der Waals surface area contributed by atoms with Gasteiger partial charge in [0.15, 0.2) is 19.7 Å². The van der Waals surface area contributed by atoms with Crippen molar-refractivity contribution in [2.75, 3.05) is 11.5 Å². The van der Waals surface area contributed by atoms with E-state index in [4.69, 9.17) is 0 Å². The quantitative estimate of drug-likeness (QED) is 0.354. The summed E-state index contributed by atoms with van der Waals surface area (Å²) in [7, 11) is -5.74. The molecule has 0 heterocycles. The maximum absolute atomic E-state index is 12.3. The fraction of sp³-hybridized carbons (Fsp3) is 1.00. The van der Waals surface area contributed by atoms with Crippen LogP contribution < -0.4 is 0 Å². The summed E-state index contributed by atoms with van der Waals surface area (Å²) >= 11 is 0. The minimum atomic E-state index is -2.87. The Hall–Kier alpha value is -0.100. The monoisotopic (exact) mass is 434 g/mol. The summed E-state index contributed by atoms with van der Waals surface area (Å²) in [5, 5.41) is -0.128. The van der Waals surface area contributed by atoms with Crippen molar-refractivity contribution < 1.29 is 16.8 Å². The Morgan fingerprint density at radius 1 is 0.429 bits per heavy atom. The Morgan fingerprint density at radius 3 is 1.04 bits per heavy atom. The highest BCUT2D eigenvalue weighted by Crippen LogP contribution is 2.26. The van der Waals surface area contributed by atoms with Crippen LogP contribution in [0.15, 0.2) is 0 Å². The van der Waals surface area contributed by atoms with Crippen LogP contribution in [0.25, 0.3) is 0 Å². The van der Waals surface area contributed by atoms with Crippen LogP contribution in [0.3, 0.4) is 0 Å². The van der Waals surface area contributed by atoms with Gasteiger partial charge in [0, 0.05) is 0 Å². The Bertz CT molecular complexity index is 557. The van der Waals surface area contributed by atoms with Gasteiger partial charge in [0.2, 0.25) is 0 Å². The van der Waals surface area contributed by atoms with E-state index in [0.717, 1.165) is 103 Å². The lowest BCUT2D eigenvalue weighted by Crippen LogP contribution is -2.26. The van der Waals surface area contributed by atoms with E-state index in [1.165, 1.54) is 12.8 Å². The summed E-state index contributed by atoms with van der Waals surface area (Å²) < 4.78 is 49.4. The summed E-state index contributed by atoms with van der Waals surface area (Å²) in [6.07, 6.45) is 18.3. The zero-order valence-corrected chi connectivity index (χ0v) is 19.4. The van der Waals surface area contributed by atoms with Crippen LogP contribution in [0, 0.1) is 0 Å². The molecule has 2 rings (SSSR count). The average molecular weight is 435 g/mol. The molecule has 0 aliphatic heterocycles. The lowest BCUT2D eigenvalue weighted by molar-refractivity contribution is 0.481. The Morgan fingerprint density at radius 2 is 0.714 bits per heavy atom. The number of rotatable bonds is 13. The molecule has 0 radical (unpaired) electrons. The van der Waals surface area contributed by atoms with Gasteiger partial charge < -0.3 is 0 Å². The predicted molar refractivity (Wildman–Crippen MR) is 118 cm³/mol. The highest BCUT2D eigenvalue weighted by Gasteiger charge is 2.27. The maximum Gasteiger partial charge on any atom is 0.153 e. The van der Waals surface area contributed by atoms with Gasteiger partial charge in [-0.3, -0.25) is 0 Å². The van der Waals surface area contributed by atoms with Crippen molar-refractivity contribution in [2.24, 2.45) is 0 Å². The fourth-order valence-electron chi connectivity index (χ4n) is 4.85. The molecular formula is C22H42O4S2. The molecule has 166 valence electrons. The zero-order valence-electron chi connectivity index (χ0n) is 17.7. The first-order chi connectivity index (χ1) is 13.4. The Balaban J connectivity index is 1.44. The van der Waals surface area contributed by atoms with Gasteiger partial charge in [0.05, 0.1) is 22.0 Å². The summed E-state index contributed by atoms with van der Waals surface area (Å²) in [5.74, 6) is 0.743. The van der Waals surface area contributed by atoms with E-state index >= 15 is 0 Å². The maximum atomic E-state index is 12.3. The lowest BCUT2D eigenvalue weighted by Gasteiger charge is -2.21. The van der Waals surface area contributed by atoms with Crippen molar-refractivity contribution in [1.29, 1.82) is 0 Å². The molecule has 0 N–H and O–H groups in total. The third-order valence-corrected chi connectivity index (χ3v) is 11.4. The van der Waals surface area contributed by atoms with Crippen molar-refractivity contribution in [3.8, 4) is 0 Å². The first-order valence-electron chi connectivity index (χ1n) is 11.8. The van der Waals surface area contributed by atoms with Crippen molar-refractivity contribution in [3.05, 3.63) is 0 Å². The average Bonchev–Trinajstić information content (AvgIpc) is 2.70. The molecular weight excluding hydrogens is 392 g/mol. The normalized spacial score (nSPS) is 20.4. The highest BCUT2D eigenvalue weighted by atomic mass is 32.2. The molecule has 0 saturated heterocycles. The molecule has 0 aromatic rings. The molecule has 2 aliphatic carbocycles. The number of hydrogen-bond donors (Lipinski definition) is 0. The molecule has 0 unspecified atom stereocenters. The van der Waals surface area contributed by atoms with Gasteiger partial charge in [-0.15, -0.1) is 0 Å². The molecule has 28 heavy (non-hydrogen) atoms. The smallest absolute Gasteiger partial charge is 0.153 e. The second-order valence-corrected chi connectivity index (χ2v) is 13.9. The Labute approximate surface area is 174 Å². The highest BCUT2D eigenvalue weighted by molar-refractivity contribution is 7.92. The van der Waals surface area contributed by atoms with Gasteiger partial charge in [-0.25, -0.2) is 16.8 Å². The molecule has 6 heteroatoms. The van der Waals surface area contributed by atoms with E-state index < -0.39 is 19.7 Å². The third-order valence-electron chi connectivity index (χ3n) is 6.73. The topological polar surface area (TPSA) is 68.3 Å². The first kappa shape index (κ1) is 24.2. The molecule has 2 saturated carbocycles. The van der Waals surface area contributed by atoms with E-state index in [-0.39, 0.29) is 10.5 Å². The van der Waals surface area contributed by atoms with E-state index in [1.807, 2.05) is 0 Å². The minimum Gasteiger partial charge on any atom is -0.229 e. The summed E-state index contributed by atoms with van der Waals surface area (Å²) in [5.41, 5.74) is 0. The molecule has 0 bridgehead atoms. The SMILES string of the molecule is O=S(=O)(CCCCCCCCCCS(=O)(=O)C1CCCCC1)C1CCCCC1. The van der Waals surface area contributed by atoms with Crippen LogP contribution in [-0.2, 0) is 19.7 Å². The van der Waals surface area contributed by atoms with Crippen molar-refractivity contribution in [3.63, 3.8) is 0 Å². The molecule has 0 spiro atoms. The molecule has 2 aliphatic rings. The molecule has 0 aromatic heterocycles. The predicted octanol–water partition coefficient (Wildman–Crippen LogP) is 5.60. The summed E-state index contributed by atoms with van der Waals surface area (Å²) in [6.45, 7) is 0. The van der Waals surface area contributed by atoms with Crippen LogP contribution in [0.1, 0.15) is 116 Å². The second-order valence-electron chi connectivity index (χ2n) is 9.08. The van der Waals surface area contributed by atoms with E-state index in [2.05, 4.69) is 0 Å². The zero-order chi connectivity index (χ0) is 20.3. The van der Waals surface area contributed by atoms with Crippen LogP contribution >= 0.6 is 0 Å². The van der Waals surface area contributed by atoms with Crippen LogP contribution in [0.5, 0.6) is 0 Å². The third kappa shape index (κ3) is 8.73. The van der Waals surface area contributed by atoms with Gasteiger partial charge in [-0.2, -0.15) is 0 Å². The number of sulfone groups is 2. The lowest BCUT2D eigenvalue weighted by atomic mass is 10.0. The van der Waals surface area contributed by atoms with Crippen LogP contribution in [0.4, 0.5) is 0 Å². The molecule has 2 fully saturated rings. The molecule has 0 amide bonds. The first-order valence-corrected chi connectivity index (χ1v) is 15.3. The summed E-state index contributed by atoms with van der Waals surface area (Å²) in [6, 6.07) is 0. The van der Waals surface area contributed by atoms with E-state index in [0.29, 0.717) is 11.5 Å². The Kier molecular flexibility index (Phi) is 10.8. The number of unbranched alkanes of at least 4 members (excludes halogenated alkanes) is 7. The van der Waals surface area contributed by atoms with E-state index in [1.54, 1.807) is 0 Å². The van der Waals surface area contributed by atoms with Gasteiger partial charge in [0.25, 0.3) is 0 Å². The minimum absolute atomic E-state index is 0.0638. The van der Waals surface area contributed by atoms with Crippen molar-refractivity contribution in [1.82, 2.24) is 0 Å². The summed E-state index contributed by atoms with van der Waals surface area (Å²) in [4.78, 5) is 0. The van der Waals surface area contributed by atoms with Gasteiger partial charge in [-0.1, -0.05) is 77.0 Å². The van der Waals surface area contributed by atoms with Gasteiger partial charge in [-0.05, 0) is 38.5 Å². The molecule has 4 nitrogen and oxygen atoms in total. The van der Waals surface area contributed by atoms with Crippen LogP contribution in [-0.4, -0.2) is 38.8 Å². The molecule has 0 aromatic carbocycles.